The van der Waals surface area contributed by atoms with Gasteiger partial charge in [-0.15, -0.1) is 0 Å². The van der Waals surface area contributed by atoms with Crippen LogP contribution in [-0.2, 0) is 23.7 Å². The smallest absolute Gasteiger partial charge is 0.247 e. The maximum Gasteiger partial charge on any atom is 0.247 e. The van der Waals surface area contributed by atoms with Crippen molar-refractivity contribution in [1.82, 2.24) is 5.32 Å². The van der Waals surface area contributed by atoms with Crippen molar-refractivity contribution in [2.45, 2.75) is 110 Å². The average molecular weight is 802 g/mol. The third kappa shape index (κ3) is 6.36. The van der Waals surface area contributed by atoms with Gasteiger partial charge >= 0.3 is 0 Å². The van der Waals surface area contributed by atoms with Crippen LogP contribution in [-0.4, -0.2) is 13.3 Å². The van der Waals surface area contributed by atoms with Crippen LogP contribution in [0.4, 0.5) is 0 Å². The SMILES string of the molecule is CC(C)(C)c1ccc2c(c1)Sc1cc(-c3cc(-c4c5c(c(-c6ccccc6)c6ccccc46)CCCC5)cc(C4CCN4)c3)cc3c1B2c1ccc(C(C)(C)C)cc1S3. The molecule has 0 bridgehead atoms. The summed E-state index contributed by atoms with van der Waals surface area (Å²) in [6.07, 6.45) is 5.92. The third-order valence-corrected chi connectivity index (χ3v) is 15.9. The van der Waals surface area contributed by atoms with E-state index in [1.54, 1.807) is 11.1 Å². The van der Waals surface area contributed by atoms with Gasteiger partial charge in [0.05, 0.1) is 0 Å². The molecule has 1 saturated heterocycles. The fourth-order valence-corrected chi connectivity index (χ4v) is 12.9. The molecule has 1 aliphatic carbocycles. The molecule has 3 aliphatic heterocycles. The molecule has 1 atom stereocenters. The average Bonchev–Trinajstić information content (AvgIpc) is 3.21. The summed E-state index contributed by atoms with van der Waals surface area (Å²) in [5.74, 6) is 0. The van der Waals surface area contributed by atoms with Crippen LogP contribution in [0.1, 0.15) is 94.7 Å². The maximum absolute atomic E-state index is 3.79. The molecule has 0 saturated carbocycles. The van der Waals surface area contributed by atoms with E-state index in [0.29, 0.717) is 6.04 Å². The molecule has 4 aliphatic rings. The summed E-state index contributed by atoms with van der Waals surface area (Å²) >= 11 is 3.98. The van der Waals surface area contributed by atoms with Gasteiger partial charge in [0.2, 0.25) is 6.71 Å². The Morgan fingerprint density at radius 2 is 1.03 bits per heavy atom. The lowest BCUT2D eigenvalue weighted by Gasteiger charge is -2.35. The Kier molecular flexibility index (Phi) is 8.93. The van der Waals surface area contributed by atoms with Crippen LogP contribution >= 0.6 is 23.5 Å². The summed E-state index contributed by atoms with van der Waals surface area (Å²) in [5.41, 5.74) is 20.1. The fraction of sp³-hybridized carbons (Fsp3) is 0.273. The van der Waals surface area contributed by atoms with Gasteiger partial charge < -0.3 is 5.32 Å². The standard InChI is InChI=1S/C55H52BNS2/c1-54(2,3)38-20-22-44-47(31-38)58-49-29-35(30-50-53(49)56(44)45-23-21-39(55(4,5)6)32-48(45)59-50)34-26-36(46-24-25-57-46)28-37(27-34)52-42-18-12-10-16-40(42)51(33-14-8-7-9-15-33)41-17-11-13-19-43(41)52/h7-10,12,14-16,18,20-23,26-32,46,57H,11,13,17,19,24-25H2,1-6H3. The molecule has 59 heavy (non-hydrogen) atoms. The van der Waals surface area contributed by atoms with Crippen molar-refractivity contribution in [3.63, 3.8) is 0 Å². The third-order valence-electron chi connectivity index (χ3n) is 13.6. The van der Waals surface area contributed by atoms with E-state index in [9.17, 15) is 0 Å². The highest BCUT2D eigenvalue weighted by Gasteiger charge is 2.39. The molecule has 1 unspecified atom stereocenters. The highest BCUT2D eigenvalue weighted by molar-refractivity contribution is 8.01. The van der Waals surface area contributed by atoms with Gasteiger partial charge in [-0.3, -0.25) is 0 Å². The molecular weight excluding hydrogens is 750 g/mol. The summed E-state index contributed by atoms with van der Waals surface area (Å²) < 4.78 is 0. The van der Waals surface area contributed by atoms with Gasteiger partial charge in [0.25, 0.3) is 0 Å². The van der Waals surface area contributed by atoms with Gasteiger partial charge in [-0.2, -0.15) is 0 Å². The first-order valence-electron chi connectivity index (χ1n) is 21.8. The Morgan fingerprint density at radius 3 is 1.56 bits per heavy atom. The molecule has 7 aromatic rings. The van der Waals surface area contributed by atoms with E-state index in [2.05, 4.69) is 168 Å². The van der Waals surface area contributed by atoms with Gasteiger partial charge in [-0.25, -0.2) is 0 Å². The highest BCUT2D eigenvalue weighted by atomic mass is 32.2. The van der Waals surface area contributed by atoms with E-state index < -0.39 is 0 Å². The largest absolute Gasteiger partial charge is 0.310 e. The molecule has 4 heteroatoms. The van der Waals surface area contributed by atoms with E-state index in [1.165, 1.54) is 116 Å². The van der Waals surface area contributed by atoms with Crippen molar-refractivity contribution in [2.24, 2.45) is 0 Å². The molecule has 1 N–H and O–H groups in total. The molecule has 7 aromatic carbocycles. The van der Waals surface area contributed by atoms with Crippen LogP contribution in [0.15, 0.2) is 141 Å². The van der Waals surface area contributed by atoms with E-state index >= 15 is 0 Å². The van der Waals surface area contributed by atoms with Crippen LogP contribution in [0.3, 0.4) is 0 Å². The molecule has 0 radical (unpaired) electrons. The Hall–Kier alpha value is -4.48. The maximum atomic E-state index is 3.79. The van der Waals surface area contributed by atoms with Crippen molar-refractivity contribution in [1.29, 1.82) is 0 Å². The molecule has 292 valence electrons. The fourth-order valence-electron chi connectivity index (χ4n) is 10.3. The van der Waals surface area contributed by atoms with Crippen molar-refractivity contribution < 1.29 is 0 Å². The second-order valence-corrected chi connectivity index (χ2v) is 21.7. The summed E-state index contributed by atoms with van der Waals surface area (Å²) in [4.78, 5) is 5.62. The number of benzene rings is 7. The Labute approximate surface area is 359 Å². The van der Waals surface area contributed by atoms with E-state index in [4.69, 9.17) is 0 Å². The van der Waals surface area contributed by atoms with Crippen LogP contribution in [0.2, 0.25) is 0 Å². The Morgan fingerprint density at radius 1 is 0.525 bits per heavy atom. The van der Waals surface area contributed by atoms with E-state index in [-0.39, 0.29) is 17.5 Å². The first-order chi connectivity index (χ1) is 28.5. The number of rotatable bonds is 4. The minimum Gasteiger partial charge on any atom is -0.310 e. The first kappa shape index (κ1) is 37.5. The molecule has 1 nitrogen and oxygen atoms in total. The van der Waals surface area contributed by atoms with Gasteiger partial charge in [0, 0.05) is 25.6 Å². The molecule has 0 spiro atoms. The summed E-state index contributed by atoms with van der Waals surface area (Å²) in [5, 5.41) is 6.54. The molecule has 1 fully saturated rings. The number of nitrogens with one attached hydrogen (secondary N) is 1. The van der Waals surface area contributed by atoms with E-state index in [1.807, 2.05) is 23.5 Å². The predicted octanol–water partition coefficient (Wildman–Crippen LogP) is 12.8. The zero-order valence-corrected chi connectivity index (χ0v) is 36.9. The summed E-state index contributed by atoms with van der Waals surface area (Å²) in [6.45, 7) is 15.3. The lowest BCUT2D eigenvalue weighted by molar-refractivity contribution is 0.383. The zero-order valence-electron chi connectivity index (χ0n) is 35.3. The van der Waals surface area contributed by atoms with Crippen LogP contribution in [0.25, 0.3) is 44.2 Å². The normalized spacial score (nSPS) is 16.8. The zero-order chi connectivity index (χ0) is 40.2. The minimum atomic E-state index is 0.0832. The van der Waals surface area contributed by atoms with Gasteiger partial charge in [-0.1, -0.05) is 155 Å². The molecular formula is C55H52BNS2. The van der Waals surface area contributed by atoms with Crippen molar-refractivity contribution in [3.05, 3.63) is 149 Å². The van der Waals surface area contributed by atoms with Crippen molar-refractivity contribution in [3.8, 4) is 33.4 Å². The number of hydrogen-bond donors (Lipinski definition) is 1. The number of fused-ring (bicyclic) bond motifs is 6. The lowest BCUT2D eigenvalue weighted by Crippen LogP contribution is -2.58. The van der Waals surface area contributed by atoms with Crippen LogP contribution in [0, 0.1) is 0 Å². The van der Waals surface area contributed by atoms with Crippen LogP contribution in [0.5, 0.6) is 0 Å². The molecule has 0 aromatic heterocycles. The van der Waals surface area contributed by atoms with Crippen LogP contribution < -0.4 is 21.7 Å². The summed E-state index contributed by atoms with van der Waals surface area (Å²) in [6, 6.07) is 48.1. The van der Waals surface area contributed by atoms with Crippen molar-refractivity contribution >= 4 is 57.4 Å². The predicted molar refractivity (Wildman–Crippen MR) is 255 cm³/mol. The molecule has 11 rings (SSSR count). The number of hydrogen-bond acceptors (Lipinski definition) is 3. The first-order valence-corrected chi connectivity index (χ1v) is 23.5. The minimum absolute atomic E-state index is 0.0832. The van der Waals surface area contributed by atoms with Gasteiger partial charge in [0.1, 0.15) is 0 Å². The highest BCUT2D eigenvalue weighted by Crippen LogP contribution is 2.48. The molecule has 3 heterocycles. The summed E-state index contributed by atoms with van der Waals surface area (Å²) in [7, 11) is 0. The molecule has 0 amide bonds. The Bertz CT molecular complexity index is 2750. The van der Waals surface area contributed by atoms with E-state index in [0.717, 1.165) is 19.4 Å². The van der Waals surface area contributed by atoms with Gasteiger partial charge in [-0.05, 0) is 169 Å². The van der Waals surface area contributed by atoms with Crippen molar-refractivity contribution in [2.75, 3.05) is 6.54 Å². The quantitative estimate of drug-likeness (QED) is 0.178. The second-order valence-electron chi connectivity index (χ2n) is 19.5. The Balaban J connectivity index is 1.13. The monoisotopic (exact) mass is 801 g/mol. The topological polar surface area (TPSA) is 12.0 Å². The second kappa shape index (κ2) is 14.0. The van der Waals surface area contributed by atoms with Gasteiger partial charge in [0.15, 0.2) is 0 Å². The lowest BCUT2D eigenvalue weighted by atomic mass is 9.36.